The molecule has 3 heterocycles. The van der Waals surface area contributed by atoms with Crippen molar-refractivity contribution < 1.29 is 8.42 Å². The number of hydrogen-bond acceptors (Lipinski definition) is 6. The summed E-state index contributed by atoms with van der Waals surface area (Å²) in [5.74, 6) is 0.583. The minimum Gasteiger partial charge on any atom is -0.324 e. The van der Waals surface area contributed by atoms with Crippen LogP contribution in [0, 0.1) is 6.92 Å². The van der Waals surface area contributed by atoms with Gasteiger partial charge in [0.25, 0.3) is 0 Å². The number of fused-ring (bicyclic) bond motifs is 1. The van der Waals surface area contributed by atoms with Crippen molar-refractivity contribution in [3.63, 3.8) is 0 Å². The molecule has 4 aromatic rings. The standard InChI is InChI=1S/C22H26N6O2S/c1-5-10-31(29,30)28-9-8-17-11-19(6-7-20(17)28)25-22-23-12-16(4)21(26-22)18-13-24-27(14-18)15(2)3/h6-9,11-15H,5,10H2,1-4H3,(H,23,25,26). The van der Waals surface area contributed by atoms with Gasteiger partial charge in [0, 0.05) is 41.3 Å². The zero-order chi connectivity index (χ0) is 22.2. The number of hydrogen-bond donors (Lipinski definition) is 1. The van der Waals surface area contributed by atoms with Crippen LogP contribution < -0.4 is 5.32 Å². The van der Waals surface area contributed by atoms with Crippen molar-refractivity contribution in [2.75, 3.05) is 11.1 Å². The number of aromatic nitrogens is 5. The van der Waals surface area contributed by atoms with Crippen LogP contribution in [0.2, 0.25) is 0 Å². The summed E-state index contributed by atoms with van der Waals surface area (Å²) < 4.78 is 28.2. The molecule has 9 heteroatoms. The van der Waals surface area contributed by atoms with Gasteiger partial charge in [0.2, 0.25) is 16.0 Å². The average molecular weight is 439 g/mol. The van der Waals surface area contributed by atoms with Crippen LogP contribution in [0.4, 0.5) is 11.6 Å². The molecule has 0 aliphatic rings. The van der Waals surface area contributed by atoms with Gasteiger partial charge in [-0.2, -0.15) is 5.10 Å². The van der Waals surface area contributed by atoms with Crippen molar-refractivity contribution in [2.24, 2.45) is 0 Å². The highest BCUT2D eigenvalue weighted by Gasteiger charge is 2.15. The summed E-state index contributed by atoms with van der Waals surface area (Å²) >= 11 is 0. The van der Waals surface area contributed by atoms with E-state index in [0.717, 1.165) is 27.9 Å². The number of nitrogens with one attached hydrogen (secondary N) is 1. The summed E-state index contributed by atoms with van der Waals surface area (Å²) in [5.41, 5.74) is 4.16. The fourth-order valence-corrected chi connectivity index (χ4v) is 4.88. The summed E-state index contributed by atoms with van der Waals surface area (Å²) in [7, 11) is -3.35. The molecule has 1 N–H and O–H groups in total. The van der Waals surface area contributed by atoms with E-state index < -0.39 is 10.0 Å². The van der Waals surface area contributed by atoms with Gasteiger partial charge in [0.1, 0.15) is 0 Å². The lowest BCUT2D eigenvalue weighted by Gasteiger charge is -2.09. The molecule has 0 aliphatic carbocycles. The van der Waals surface area contributed by atoms with Gasteiger partial charge in [-0.05, 0) is 57.0 Å². The molecule has 0 saturated heterocycles. The van der Waals surface area contributed by atoms with Gasteiger partial charge < -0.3 is 5.32 Å². The second-order valence-electron chi connectivity index (χ2n) is 7.85. The summed E-state index contributed by atoms with van der Waals surface area (Å²) in [6.45, 7) is 7.98. The third kappa shape index (κ3) is 4.18. The molecule has 3 aromatic heterocycles. The van der Waals surface area contributed by atoms with Crippen molar-refractivity contribution in [3.8, 4) is 11.3 Å². The summed E-state index contributed by atoms with van der Waals surface area (Å²) in [6.07, 6.45) is 7.75. The van der Waals surface area contributed by atoms with Crippen LogP contribution in [0.5, 0.6) is 0 Å². The molecule has 0 radical (unpaired) electrons. The Morgan fingerprint density at radius 2 is 1.97 bits per heavy atom. The third-order valence-corrected chi connectivity index (χ3v) is 6.89. The Bertz CT molecular complexity index is 1340. The third-order valence-electron chi connectivity index (χ3n) is 5.05. The molecule has 0 saturated carbocycles. The lowest BCUT2D eigenvalue weighted by Crippen LogP contribution is -2.14. The van der Waals surface area contributed by atoms with Crippen molar-refractivity contribution in [3.05, 3.63) is 54.6 Å². The Kier molecular flexibility index (Phi) is 5.53. The van der Waals surface area contributed by atoms with Crippen LogP contribution in [0.1, 0.15) is 38.8 Å². The van der Waals surface area contributed by atoms with Crippen molar-refractivity contribution >= 4 is 32.6 Å². The SMILES string of the molecule is CCCS(=O)(=O)n1ccc2cc(Nc3ncc(C)c(-c4cnn(C(C)C)c4)n3)ccc21. The molecule has 4 rings (SSSR count). The highest BCUT2D eigenvalue weighted by molar-refractivity contribution is 7.90. The van der Waals surface area contributed by atoms with E-state index in [2.05, 4.69) is 34.2 Å². The predicted octanol–water partition coefficient (Wildman–Crippen LogP) is 4.52. The van der Waals surface area contributed by atoms with E-state index in [9.17, 15) is 8.42 Å². The smallest absolute Gasteiger partial charge is 0.238 e. The van der Waals surface area contributed by atoms with Gasteiger partial charge in [-0.3, -0.25) is 4.68 Å². The molecule has 0 amide bonds. The van der Waals surface area contributed by atoms with E-state index in [4.69, 9.17) is 0 Å². The van der Waals surface area contributed by atoms with Crippen LogP contribution in [0.15, 0.2) is 49.1 Å². The minimum absolute atomic E-state index is 0.115. The number of nitrogens with zero attached hydrogens (tertiary/aromatic N) is 5. The second kappa shape index (κ2) is 8.14. The quantitative estimate of drug-likeness (QED) is 0.456. The number of aryl methyl sites for hydroxylation is 1. The minimum atomic E-state index is -3.35. The topological polar surface area (TPSA) is 94.7 Å². The second-order valence-corrected chi connectivity index (χ2v) is 9.82. The first kappa shape index (κ1) is 21.0. The van der Waals surface area contributed by atoms with E-state index in [-0.39, 0.29) is 11.8 Å². The van der Waals surface area contributed by atoms with Crippen molar-refractivity contribution in [2.45, 2.75) is 40.2 Å². The Labute approximate surface area is 182 Å². The fourth-order valence-electron chi connectivity index (χ4n) is 3.46. The first-order valence-electron chi connectivity index (χ1n) is 10.3. The van der Waals surface area contributed by atoms with E-state index in [1.807, 2.05) is 43.1 Å². The lowest BCUT2D eigenvalue weighted by atomic mass is 10.1. The highest BCUT2D eigenvalue weighted by atomic mass is 32.2. The van der Waals surface area contributed by atoms with Crippen LogP contribution >= 0.6 is 0 Å². The molecule has 0 fully saturated rings. The summed E-state index contributed by atoms with van der Waals surface area (Å²) in [6, 6.07) is 7.60. The van der Waals surface area contributed by atoms with E-state index in [1.165, 1.54) is 3.97 Å². The van der Waals surface area contributed by atoms with Gasteiger partial charge >= 0.3 is 0 Å². The molecule has 8 nitrogen and oxygen atoms in total. The average Bonchev–Trinajstić information content (AvgIpc) is 3.37. The molecule has 0 bridgehead atoms. The van der Waals surface area contributed by atoms with Crippen LogP contribution in [-0.4, -0.2) is 37.9 Å². The molecule has 31 heavy (non-hydrogen) atoms. The van der Waals surface area contributed by atoms with Crippen LogP contribution in [-0.2, 0) is 10.0 Å². The maximum atomic E-state index is 12.5. The monoisotopic (exact) mass is 438 g/mol. The predicted molar refractivity (Wildman–Crippen MR) is 123 cm³/mol. The lowest BCUT2D eigenvalue weighted by molar-refractivity contribution is 0.532. The maximum Gasteiger partial charge on any atom is 0.238 e. The Balaban J connectivity index is 1.63. The van der Waals surface area contributed by atoms with Crippen molar-refractivity contribution in [1.29, 1.82) is 0 Å². The molecular weight excluding hydrogens is 412 g/mol. The number of anilines is 2. The molecule has 0 unspecified atom stereocenters. The highest BCUT2D eigenvalue weighted by Crippen LogP contribution is 2.26. The van der Waals surface area contributed by atoms with E-state index in [1.54, 1.807) is 24.5 Å². The fraction of sp³-hybridized carbons (Fsp3) is 0.318. The van der Waals surface area contributed by atoms with Crippen molar-refractivity contribution in [1.82, 2.24) is 23.7 Å². The largest absolute Gasteiger partial charge is 0.324 e. The maximum absolute atomic E-state index is 12.5. The normalized spacial score (nSPS) is 12.0. The summed E-state index contributed by atoms with van der Waals surface area (Å²) in [5, 5.41) is 8.46. The molecule has 1 aromatic carbocycles. The van der Waals surface area contributed by atoms with E-state index in [0.29, 0.717) is 17.9 Å². The van der Waals surface area contributed by atoms with Crippen LogP contribution in [0.25, 0.3) is 22.2 Å². The number of rotatable bonds is 7. The molecule has 162 valence electrons. The van der Waals surface area contributed by atoms with Gasteiger partial charge in [0.15, 0.2) is 0 Å². The van der Waals surface area contributed by atoms with Gasteiger partial charge in [0.05, 0.1) is 23.2 Å². The Morgan fingerprint density at radius 1 is 1.16 bits per heavy atom. The van der Waals surface area contributed by atoms with E-state index >= 15 is 0 Å². The molecule has 0 spiro atoms. The van der Waals surface area contributed by atoms with Gasteiger partial charge in [-0.15, -0.1) is 0 Å². The first-order chi connectivity index (χ1) is 14.8. The van der Waals surface area contributed by atoms with Crippen LogP contribution in [0.3, 0.4) is 0 Å². The molecule has 0 aliphatic heterocycles. The molecule has 0 atom stereocenters. The Morgan fingerprint density at radius 3 is 2.68 bits per heavy atom. The summed E-state index contributed by atoms with van der Waals surface area (Å²) in [4.78, 5) is 9.08. The van der Waals surface area contributed by atoms with Gasteiger partial charge in [-0.1, -0.05) is 6.92 Å². The number of benzene rings is 1. The van der Waals surface area contributed by atoms with Gasteiger partial charge in [-0.25, -0.2) is 22.4 Å². The zero-order valence-electron chi connectivity index (χ0n) is 18.1. The molecular formula is C22H26N6O2S. The first-order valence-corrected chi connectivity index (χ1v) is 11.9. The zero-order valence-corrected chi connectivity index (χ0v) is 18.9. The Hall–Kier alpha value is -3.20.